The number of methoxy groups -OCH3 is 1. The molecule has 0 aliphatic carbocycles. The molecule has 1 aromatic heterocycles. The van der Waals surface area contributed by atoms with E-state index in [4.69, 9.17) is 10.6 Å². The second-order valence-corrected chi connectivity index (χ2v) is 5.08. The quantitative estimate of drug-likeness (QED) is 0.620. The van der Waals surface area contributed by atoms with E-state index in [0.29, 0.717) is 11.6 Å². The number of anilines is 1. The van der Waals surface area contributed by atoms with Crippen LogP contribution in [0.25, 0.3) is 0 Å². The molecular weight excluding hydrogens is 216 g/mol. The highest BCUT2D eigenvalue weighted by molar-refractivity contribution is 5.35. The molecule has 0 aromatic carbocycles. The fraction of sp³-hybridized carbons (Fsp3) is 0.667. The number of nitrogens with one attached hydrogen (secondary N) is 1. The van der Waals surface area contributed by atoms with E-state index in [0.717, 1.165) is 12.1 Å². The first-order valence-corrected chi connectivity index (χ1v) is 5.79. The summed E-state index contributed by atoms with van der Waals surface area (Å²) >= 11 is 0. The van der Waals surface area contributed by atoms with Crippen LogP contribution in [0.2, 0.25) is 0 Å². The Labute approximate surface area is 103 Å². The largest absolute Gasteiger partial charge is 0.373 e. The van der Waals surface area contributed by atoms with Gasteiger partial charge in [0.05, 0.1) is 0 Å². The zero-order valence-corrected chi connectivity index (χ0v) is 11.2. The minimum atomic E-state index is -0.152. The number of hydrazine groups is 1. The van der Waals surface area contributed by atoms with Gasteiger partial charge in [0.25, 0.3) is 0 Å². The first kappa shape index (κ1) is 13.9. The molecule has 0 spiro atoms. The summed E-state index contributed by atoms with van der Waals surface area (Å²) in [5.41, 5.74) is 3.46. The molecule has 0 aliphatic heterocycles. The molecule has 96 valence electrons. The Morgan fingerprint density at radius 3 is 2.47 bits per heavy atom. The van der Waals surface area contributed by atoms with Gasteiger partial charge >= 0.3 is 0 Å². The van der Waals surface area contributed by atoms with Gasteiger partial charge in [-0.15, -0.1) is 0 Å². The fourth-order valence-electron chi connectivity index (χ4n) is 1.74. The molecule has 0 aliphatic rings. The first-order valence-electron chi connectivity index (χ1n) is 5.79. The van der Waals surface area contributed by atoms with E-state index >= 15 is 0 Å². The lowest BCUT2D eigenvalue weighted by Crippen LogP contribution is -2.23. The number of nitrogens with zero attached hydrogens (tertiary/aromatic N) is 2. The van der Waals surface area contributed by atoms with Crippen LogP contribution in [-0.4, -0.2) is 17.1 Å². The van der Waals surface area contributed by atoms with E-state index in [1.54, 1.807) is 7.11 Å². The SMILES string of the molecule is CCc1cc(NN)nc(C(OC)C(C)(C)C)n1. The normalized spacial score (nSPS) is 13.5. The van der Waals surface area contributed by atoms with Crippen molar-refractivity contribution in [1.82, 2.24) is 9.97 Å². The number of ether oxygens (including phenoxy) is 1. The van der Waals surface area contributed by atoms with Crippen LogP contribution >= 0.6 is 0 Å². The molecule has 1 aromatic rings. The maximum absolute atomic E-state index is 5.51. The zero-order valence-electron chi connectivity index (χ0n) is 11.2. The fourth-order valence-corrected chi connectivity index (χ4v) is 1.74. The topological polar surface area (TPSA) is 73.1 Å². The van der Waals surface area contributed by atoms with Crippen LogP contribution in [0.5, 0.6) is 0 Å². The molecule has 3 N–H and O–H groups in total. The highest BCUT2D eigenvalue weighted by Gasteiger charge is 2.29. The molecule has 0 amide bonds. The smallest absolute Gasteiger partial charge is 0.160 e. The average molecular weight is 238 g/mol. The molecule has 0 saturated heterocycles. The third-order valence-electron chi connectivity index (χ3n) is 2.56. The Morgan fingerprint density at radius 2 is 2.06 bits per heavy atom. The molecule has 5 heteroatoms. The Balaban J connectivity index is 3.19. The summed E-state index contributed by atoms with van der Waals surface area (Å²) in [5.74, 6) is 6.71. The van der Waals surface area contributed by atoms with E-state index in [-0.39, 0.29) is 11.5 Å². The Kier molecular flexibility index (Phi) is 4.42. The summed E-state index contributed by atoms with van der Waals surface area (Å²) in [6.07, 6.45) is 0.686. The van der Waals surface area contributed by atoms with Gasteiger partial charge in [0, 0.05) is 18.9 Å². The maximum atomic E-state index is 5.51. The van der Waals surface area contributed by atoms with Crippen molar-refractivity contribution in [2.75, 3.05) is 12.5 Å². The van der Waals surface area contributed by atoms with Crippen molar-refractivity contribution >= 4 is 5.82 Å². The summed E-state index contributed by atoms with van der Waals surface area (Å²) in [6, 6.07) is 1.85. The molecule has 0 bridgehead atoms. The number of hydrogen-bond donors (Lipinski definition) is 2. The van der Waals surface area contributed by atoms with Gasteiger partial charge in [-0.25, -0.2) is 15.8 Å². The number of aryl methyl sites for hydroxylation is 1. The summed E-state index contributed by atoms with van der Waals surface area (Å²) in [6.45, 7) is 8.33. The summed E-state index contributed by atoms with van der Waals surface area (Å²) in [5, 5.41) is 0. The predicted molar refractivity (Wildman–Crippen MR) is 68.4 cm³/mol. The Morgan fingerprint density at radius 1 is 1.41 bits per heavy atom. The second-order valence-electron chi connectivity index (χ2n) is 5.08. The van der Waals surface area contributed by atoms with Gasteiger partial charge in [-0.1, -0.05) is 27.7 Å². The van der Waals surface area contributed by atoms with Crippen LogP contribution in [0.4, 0.5) is 5.82 Å². The number of rotatable bonds is 4. The predicted octanol–water partition coefficient (Wildman–Crippen LogP) is 2.06. The van der Waals surface area contributed by atoms with Gasteiger partial charge in [0.2, 0.25) is 0 Å². The van der Waals surface area contributed by atoms with Gasteiger partial charge in [-0.2, -0.15) is 0 Å². The van der Waals surface area contributed by atoms with Gasteiger partial charge in [-0.3, -0.25) is 0 Å². The molecule has 0 fully saturated rings. The summed E-state index contributed by atoms with van der Waals surface area (Å²) < 4.78 is 5.51. The number of nitrogens with two attached hydrogens (primary N) is 1. The maximum Gasteiger partial charge on any atom is 0.160 e. The van der Waals surface area contributed by atoms with Crippen molar-refractivity contribution in [2.45, 2.75) is 40.2 Å². The monoisotopic (exact) mass is 238 g/mol. The van der Waals surface area contributed by atoms with Crippen LogP contribution in [0, 0.1) is 5.41 Å². The van der Waals surface area contributed by atoms with Crippen LogP contribution < -0.4 is 11.3 Å². The summed E-state index contributed by atoms with van der Waals surface area (Å²) in [7, 11) is 1.67. The lowest BCUT2D eigenvalue weighted by atomic mass is 9.88. The van der Waals surface area contributed by atoms with Gasteiger partial charge in [0.1, 0.15) is 11.9 Å². The Hall–Kier alpha value is -1.20. The number of hydrogen-bond acceptors (Lipinski definition) is 5. The molecule has 17 heavy (non-hydrogen) atoms. The molecule has 1 unspecified atom stereocenters. The second kappa shape index (κ2) is 5.42. The average Bonchev–Trinajstić information content (AvgIpc) is 2.27. The van der Waals surface area contributed by atoms with E-state index in [1.807, 2.05) is 13.0 Å². The van der Waals surface area contributed by atoms with E-state index in [2.05, 4.69) is 36.2 Å². The molecule has 1 rings (SSSR count). The van der Waals surface area contributed by atoms with Gasteiger partial charge in [0.15, 0.2) is 5.82 Å². The van der Waals surface area contributed by atoms with Crippen molar-refractivity contribution < 1.29 is 4.74 Å². The highest BCUT2D eigenvalue weighted by atomic mass is 16.5. The van der Waals surface area contributed by atoms with E-state index < -0.39 is 0 Å². The van der Waals surface area contributed by atoms with Crippen LogP contribution in [-0.2, 0) is 11.2 Å². The van der Waals surface area contributed by atoms with Crippen LogP contribution in [0.1, 0.15) is 45.3 Å². The highest BCUT2D eigenvalue weighted by Crippen LogP contribution is 2.34. The van der Waals surface area contributed by atoms with Crippen molar-refractivity contribution in [3.05, 3.63) is 17.6 Å². The standard InChI is InChI=1S/C12H22N4O/c1-6-8-7-9(16-13)15-11(14-8)10(17-5)12(2,3)4/h7,10H,6,13H2,1-5H3,(H,14,15,16). The van der Waals surface area contributed by atoms with Crippen LogP contribution in [0.15, 0.2) is 6.07 Å². The summed E-state index contributed by atoms with van der Waals surface area (Å²) in [4.78, 5) is 8.87. The lowest BCUT2D eigenvalue weighted by Gasteiger charge is -2.28. The first-order chi connectivity index (χ1) is 7.92. The third kappa shape index (κ3) is 3.38. The van der Waals surface area contributed by atoms with E-state index in [1.165, 1.54) is 0 Å². The molecule has 0 radical (unpaired) electrons. The van der Waals surface area contributed by atoms with Crippen molar-refractivity contribution in [3.8, 4) is 0 Å². The number of aromatic nitrogens is 2. The minimum absolute atomic E-state index is 0.0625. The van der Waals surface area contributed by atoms with Crippen molar-refractivity contribution in [1.29, 1.82) is 0 Å². The van der Waals surface area contributed by atoms with E-state index in [9.17, 15) is 0 Å². The Bertz CT molecular complexity index is 351. The molecule has 0 saturated carbocycles. The van der Waals surface area contributed by atoms with Gasteiger partial charge < -0.3 is 10.2 Å². The zero-order chi connectivity index (χ0) is 13.1. The van der Waals surface area contributed by atoms with Gasteiger partial charge in [-0.05, 0) is 11.8 Å². The molecule has 5 nitrogen and oxygen atoms in total. The number of nitrogen functional groups attached to an aromatic ring is 1. The van der Waals surface area contributed by atoms with Crippen molar-refractivity contribution in [2.24, 2.45) is 11.3 Å². The van der Waals surface area contributed by atoms with Crippen molar-refractivity contribution in [3.63, 3.8) is 0 Å². The third-order valence-corrected chi connectivity index (χ3v) is 2.56. The lowest BCUT2D eigenvalue weighted by molar-refractivity contribution is 0.00862. The molecule has 1 atom stereocenters. The molecule has 1 heterocycles. The minimum Gasteiger partial charge on any atom is -0.373 e. The van der Waals surface area contributed by atoms with Crippen LogP contribution in [0.3, 0.4) is 0 Å². The molecular formula is C12H22N4O.